The number of hydrogen-bond acceptors (Lipinski definition) is 2. The molecule has 1 aliphatic carbocycles. The van der Waals surface area contributed by atoms with Crippen molar-refractivity contribution in [1.82, 2.24) is 5.32 Å². The first-order valence-electron chi connectivity index (χ1n) is 7.45. The van der Waals surface area contributed by atoms with Crippen LogP contribution in [-0.2, 0) is 6.42 Å². The molecule has 0 spiro atoms. The summed E-state index contributed by atoms with van der Waals surface area (Å²) in [5.41, 5.74) is 0.880. The smallest absolute Gasteiger partial charge is 0.404 e. The summed E-state index contributed by atoms with van der Waals surface area (Å²) in [4.78, 5) is 10.9. The van der Waals surface area contributed by atoms with Crippen LogP contribution < -0.4 is 5.32 Å². The monoisotopic (exact) mass is 313 g/mol. The van der Waals surface area contributed by atoms with E-state index >= 15 is 0 Å². The van der Waals surface area contributed by atoms with Crippen LogP contribution in [-0.4, -0.2) is 40.8 Å². The van der Waals surface area contributed by atoms with Crippen molar-refractivity contribution in [3.63, 3.8) is 0 Å². The van der Waals surface area contributed by atoms with Crippen LogP contribution in [0.25, 0.3) is 0 Å². The van der Waals surface area contributed by atoms with Crippen LogP contribution in [0.15, 0.2) is 30.3 Å². The average molecular weight is 313 g/mol. The van der Waals surface area contributed by atoms with E-state index < -0.39 is 30.6 Å². The summed E-state index contributed by atoms with van der Waals surface area (Å²) < 4.78 is 26.5. The molecule has 0 bridgehead atoms. The highest BCUT2D eigenvalue weighted by atomic mass is 19.2. The zero-order chi connectivity index (χ0) is 16.1. The van der Waals surface area contributed by atoms with Crippen LogP contribution in [0.4, 0.5) is 13.6 Å². The van der Waals surface area contributed by atoms with Gasteiger partial charge in [0.15, 0.2) is 0 Å². The Balaban J connectivity index is 1.97. The van der Waals surface area contributed by atoms with Gasteiger partial charge in [0.2, 0.25) is 0 Å². The van der Waals surface area contributed by atoms with Gasteiger partial charge >= 0.3 is 6.09 Å². The van der Waals surface area contributed by atoms with E-state index in [9.17, 15) is 18.7 Å². The molecule has 1 amide bonds. The summed E-state index contributed by atoms with van der Waals surface area (Å²) in [6.07, 6.45) is -4.46. The number of hydrogen-bond donors (Lipinski definition) is 3. The maximum absolute atomic E-state index is 13.3. The van der Waals surface area contributed by atoms with Crippen molar-refractivity contribution in [2.24, 2.45) is 5.92 Å². The van der Waals surface area contributed by atoms with Gasteiger partial charge in [0.25, 0.3) is 0 Å². The second-order valence-electron chi connectivity index (χ2n) is 5.92. The molecular weight excluding hydrogens is 292 g/mol. The van der Waals surface area contributed by atoms with E-state index in [-0.39, 0.29) is 31.6 Å². The lowest BCUT2D eigenvalue weighted by Crippen LogP contribution is -2.44. The van der Waals surface area contributed by atoms with E-state index in [4.69, 9.17) is 5.11 Å². The number of halogens is 2. The molecule has 0 heterocycles. The fraction of sp³-hybridized carbons (Fsp3) is 0.562. The largest absolute Gasteiger partial charge is 0.465 e. The van der Waals surface area contributed by atoms with Crippen LogP contribution in [0.1, 0.15) is 24.8 Å². The minimum absolute atomic E-state index is 0.0804. The molecule has 5 atom stereocenters. The van der Waals surface area contributed by atoms with Gasteiger partial charge in [-0.3, -0.25) is 0 Å². The molecule has 1 aliphatic rings. The third-order valence-corrected chi connectivity index (χ3v) is 4.16. The second kappa shape index (κ2) is 7.54. The summed E-state index contributed by atoms with van der Waals surface area (Å²) in [5, 5.41) is 21.5. The molecule has 6 heteroatoms. The van der Waals surface area contributed by atoms with E-state index in [1.165, 1.54) is 0 Å². The summed E-state index contributed by atoms with van der Waals surface area (Å²) in [5.74, 6) is -0.257. The van der Waals surface area contributed by atoms with Gasteiger partial charge in [-0.2, -0.15) is 0 Å². The highest BCUT2D eigenvalue weighted by Crippen LogP contribution is 2.34. The number of nitrogens with one attached hydrogen (secondary N) is 1. The Hall–Kier alpha value is -1.69. The summed E-state index contributed by atoms with van der Waals surface area (Å²) in [7, 11) is 0. The molecule has 4 nitrogen and oxygen atoms in total. The number of aliphatic hydroxyl groups excluding tert-OH is 1. The van der Waals surface area contributed by atoms with Gasteiger partial charge in [0.1, 0.15) is 12.3 Å². The molecule has 0 saturated heterocycles. The summed E-state index contributed by atoms with van der Waals surface area (Å²) in [6.45, 7) is 0. The normalized spacial score (nSPS) is 27.3. The Morgan fingerprint density at radius 1 is 1.23 bits per heavy atom. The van der Waals surface area contributed by atoms with Crippen molar-refractivity contribution in [3.8, 4) is 0 Å². The first-order valence-corrected chi connectivity index (χ1v) is 7.45. The topological polar surface area (TPSA) is 69.6 Å². The van der Waals surface area contributed by atoms with Gasteiger partial charge in [-0.1, -0.05) is 30.3 Å². The number of carboxylic acid groups (broad SMARTS) is 1. The van der Waals surface area contributed by atoms with Crippen LogP contribution in [0, 0.1) is 5.92 Å². The van der Waals surface area contributed by atoms with Crippen molar-refractivity contribution in [1.29, 1.82) is 0 Å². The molecule has 3 N–H and O–H groups in total. The molecule has 1 aromatic rings. The second-order valence-corrected chi connectivity index (χ2v) is 5.92. The molecule has 22 heavy (non-hydrogen) atoms. The van der Waals surface area contributed by atoms with Gasteiger partial charge in [0.05, 0.1) is 12.1 Å². The van der Waals surface area contributed by atoms with Crippen LogP contribution in [0.2, 0.25) is 0 Å². The molecule has 2 rings (SSSR count). The van der Waals surface area contributed by atoms with Gasteiger partial charge in [-0.15, -0.1) is 0 Å². The maximum atomic E-state index is 13.3. The molecular formula is C16H21F2NO3. The minimum Gasteiger partial charge on any atom is -0.465 e. The van der Waals surface area contributed by atoms with Crippen LogP contribution >= 0.6 is 0 Å². The molecule has 0 aromatic heterocycles. The van der Waals surface area contributed by atoms with Gasteiger partial charge in [-0.05, 0) is 30.7 Å². The van der Waals surface area contributed by atoms with Crippen molar-refractivity contribution >= 4 is 6.09 Å². The van der Waals surface area contributed by atoms with Crippen molar-refractivity contribution in [3.05, 3.63) is 35.9 Å². The number of rotatable bonds is 6. The highest BCUT2D eigenvalue weighted by Gasteiger charge is 2.37. The molecule has 1 aromatic carbocycles. The standard InChI is InChI=1S/C16H21F2NO3/c17-12-6-11(7-13(12)18)8-14(19-16(21)22)15(20)9-10-4-2-1-3-5-10/h1-5,11-15,19-20H,6-9H2,(H,21,22)/t11?,12-,13+,14?,15-/m1/s1. The maximum Gasteiger partial charge on any atom is 0.404 e. The Bertz CT molecular complexity index is 476. The molecule has 122 valence electrons. The van der Waals surface area contributed by atoms with Gasteiger partial charge in [0, 0.05) is 6.42 Å². The number of amides is 1. The number of alkyl halides is 2. The van der Waals surface area contributed by atoms with Crippen LogP contribution in [0.5, 0.6) is 0 Å². The molecule has 0 aliphatic heterocycles. The first kappa shape index (κ1) is 16.7. The van der Waals surface area contributed by atoms with Gasteiger partial charge in [-0.25, -0.2) is 13.6 Å². The van der Waals surface area contributed by atoms with E-state index in [0.717, 1.165) is 5.56 Å². The van der Waals surface area contributed by atoms with E-state index in [1.54, 1.807) is 0 Å². The zero-order valence-corrected chi connectivity index (χ0v) is 12.2. The lowest BCUT2D eigenvalue weighted by molar-refractivity contribution is 0.107. The fourth-order valence-corrected chi connectivity index (χ4v) is 3.05. The Kier molecular flexibility index (Phi) is 5.71. The van der Waals surface area contributed by atoms with E-state index in [1.807, 2.05) is 30.3 Å². The minimum atomic E-state index is -1.48. The average Bonchev–Trinajstić information content (AvgIpc) is 2.77. The predicted molar refractivity (Wildman–Crippen MR) is 78.2 cm³/mol. The third kappa shape index (κ3) is 4.66. The van der Waals surface area contributed by atoms with E-state index in [0.29, 0.717) is 0 Å². The number of benzene rings is 1. The highest BCUT2D eigenvalue weighted by molar-refractivity contribution is 5.64. The quantitative estimate of drug-likeness (QED) is 0.756. The Morgan fingerprint density at radius 3 is 2.36 bits per heavy atom. The Labute approximate surface area is 128 Å². The van der Waals surface area contributed by atoms with Crippen molar-refractivity contribution in [2.45, 2.75) is 50.2 Å². The number of aliphatic hydroxyl groups is 1. The first-order chi connectivity index (χ1) is 10.5. The third-order valence-electron chi connectivity index (χ3n) is 4.16. The molecule has 1 fully saturated rings. The summed E-state index contributed by atoms with van der Waals surface area (Å²) in [6, 6.07) is 8.46. The van der Waals surface area contributed by atoms with Crippen LogP contribution in [0.3, 0.4) is 0 Å². The lowest BCUT2D eigenvalue weighted by atomic mass is 9.92. The Morgan fingerprint density at radius 2 is 1.82 bits per heavy atom. The zero-order valence-electron chi connectivity index (χ0n) is 12.2. The molecule has 2 unspecified atom stereocenters. The molecule has 0 radical (unpaired) electrons. The van der Waals surface area contributed by atoms with E-state index in [2.05, 4.69) is 5.32 Å². The summed E-state index contributed by atoms with van der Waals surface area (Å²) >= 11 is 0. The van der Waals surface area contributed by atoms with Crippen molar-refractivity contribution < 1.29 is 23.8 Å². The number of carbonyl (C=O) groups is 1. The predicted octanol–water partition coefficient (Wildman–Crippen LogP) is 2.70. The lowest BCUT2D eigenvalue weighted by Gasteiger charge is -2.25. The van der Waals surface area contributed by atoms with Crippen molar-refractivity contribution in [2.75, 3.05) is 0 Å². The van der Waals surface area contributed by atoms with Gasteiger partial charge < -0.3 is 15.5 Å². The molecule has 1 saturated carbocycles. The SMILES string of the molecule is O=C(O)NC(CC1C[C@@H](F)[C@@H](F)C1)[C@H](O)Cc1ccccc1. The fourth-order valence-electron chi connectivity index (χ4n) is 3.05.